The lowest BCUT2D eigenvalue weighted by Crippen LogP contribution is -2.39. The summed E-state index contributed by atoms with van der Waals surface area (Å²) in [6.07, 6.45) is 4.59. The van der Waals surface area contributed by atoms with E-state index in [2.05, 4.69) is 22.4 Å². The van der Waals surface area contributed by atoms with Crippen LogP contribution in [0.15, 0.2) is 6.33 Å². The van der Waals surface area contributed by atoms with Crippen molar-refractivity contribution < 1.29 is 4.74 Å². The van der Waals surface area contributed by atoms with E-state index in [0.29, 0.717) is 5.92 Å². The molecule has 6 nitrogen and oxygen atoms in total. The Morgan fingerprint density at radius 3 is 3.24 bits per heavy atom. The minimum absolute atomic E-state index is 0.246. The van der Waals surface area contributed by atoms with Gasteiger partial charge >= 0.3 is 0 Å². The Hall–Kier alpha value is -0.980. The number of hydrogen-bond acceptors (Lipinski definition) is 5. The van der Waals surface area contributed by atoms with Gasteiger partial charge in [-0.15, -0.1) is 0 Å². The number of nitrogens with two attached hydrogens (primary N) is 1. The van der Waals surface area contributed by atoms with Crippen molar-refractivity contribution in [1.82, 2.24) is 20.2 Å². The molecule has 1 fully saturated rings. The highest BCUT2D eigenvalue weighted by Gasteiger charge is 2.21. The van der Waals surface area contributed by atoms with Crippen LogP contribution in [-0.4, -0.2) is 34.0 Å². The molecule has 1 aliphatic rings. The molecule has 1 aromatic rings. The van der Waals surface area contributed by atoms with E-state index in [4.69, 9.17) is 10.6 Å². The third kappa shape index (κ3) is 3.24. The van der Waals surface area contributed by atoms with Gasteiger partial charge in [0.15, 0.2) is 0 Å². The fourth-order valence-electron chi connectivity index (χ4n) is 2.31. The molecule has 0 amide bonds. The van der Waals surface area contributed by atoms with E-state index in [9.17, 15) is 0 Å². The van der Waals surface area contributed by atoms with E-state index >= 15 is 0 Å². The average molecular weight is 239 g/mol. The van der Waals surface area contributed by atoms with Crippen molar-refractivity contribution in [2.24, 2.45) is 11.8 Å². The van der Waals surface area contributed by atoms with Gasteiger partial charge in [0.1, 0.15) is 12.2 Å². The molecule has 0 aromatic carbocycles. The highest BCUT2D eigenvalue weighted by molar-refractivity contribution is 4.90. The van der Waals surface area contributed by atoms with Crippen LogP contribution in [0.4, 0.5) is 0 Å². The topological polar surface area (TPSA) is 78.0 Å². The molecule has 2 atom stereocenters. The van der Waals surface area contributed by atoms with E-state index in [1.54, 1.807) is 6.33 Å². The van der Waals surface area contributed by atoms with Crippen LogP contribution < -0.4 is 11.3 Å². The molecule has 1 saturated heterocycles. The predicted octanol–water partition coefficient (Wildman–Crippen LogP) is 0.0990. The Morgan fingerprint density at radius 2 is 2.59 bits per heavy atom. The minimum Gasteiger partial charge on any atom is -0.381 e. The van der Waals surface area contributed by atoms with Gasteiger partial charge in [0.25, 0.3) is 0 Å². The van der Waals surface area contributed by atoms with Gasteiger partial charge in [-0.05, 0) is 25.7 Å². The van der Waals surface area contributed by atoms with Gasteiger partial charge in [0, 0.05) is 32.2 Å². The van der Waals surface area contributed by atoms with Gasteiger partial charge in [-0.25, -0.2) is 4.98 Å². The molecule has 1 aromatic heterocycles. The van der Waals surface area contributed by atoms with E-state index < -0.39 is 0 Å². The molecular formula is C11H21N5O. The molecule has 0 radical (unpaired) electrons. The largest absolute Gasteiger partial charge is 0.381 e. The number of rotatable bonds is 6. The molecule has 2 unspecified atom stereocenters. The highest BCUT2D eigenvalue weighted by atomic mass is 16.5. The second kappa shape index (κ2) is 6.09. The van der Waals surface area contributed by atoms with Crippen molar-refractivity contribution in [2.45, 2.75) is 38.8 Å². The maximum Gasteiger partial charge on any atom is 0.138 e. The fraction of sp³-hybridized carbons (Fsp3) is 0.818. The zero-order chi connectivity index (χ0) is 12.1. The lowest BCUT2D eigenvalue weighted by molar-refractivity contribution is 0.181. The lowest BCUT2D eigenvalue weighted by Gasteiger charge is -2.18. The second-order valence-electron chi connectivity index (χ2n) is 4.53. The molecule has 0 aliphatic carbocycles. The fourth-order valence-corrected chi connectivity index (χ4v) is 2.31. The third-order valence-corrected chi connectivity index (χ3v) is 3.30. The van der Waals surface area contributed by atoms with Gasteiger partial charge in [-0.2, -0.15) is 5.10 Å². The van der Waals surface area contributed by atoms with Crippen molar-refractivity contribution in [3.05, 3.63) is 12.2 Å². The second-order valence-corrected chi connectivity index (χ2v) is 4.53. The average Bonchev–Trinajstić information content (AvgIpc) is 2.99. The molecule has 0 saturated carbocycles. The number of nitrogens with one attached hydrogen (secondary N) is 1. The number of ether oxygens (including phenoxy) is 1. The summed E-state index contributed by atoms with van der Waals surface area (Å²) in [4.78, 5) is 4.27. The summed E-state index contributed by atoms with van der Waals surface area (Å²) >= 11 is 0. The summed E-state index contributed by atoms with van der Waals surface area (Å²) < 4.78 is 7.29. The van der Waals surface area contributed by atoms with Gasteiger partial charge in [0.05, 0.1) is 0 Å². The summed E-state index contributed by atoms with van der Waals surface area (Å²) in [5.74, 6) is 7.23. The van der Waals surface area contributed by atoms with Crippen LogP contribution >= 0.6 is 0 Å². The van der Waals surface area contributed by atoms with Gasteiger partial charge in [-0.1, -0.05) is 0 Å². The molecule has 0 bridgehead atoms. The smallest absolute Gasteiger partial charge is 0.138 e. The quantitative estimate of drug-likeness (QED) is 0.544. The predicted molar refractivity (Wildman–Crippen MR) is 64.1 cm³/mol. The van der Waals surface area contributed by atoms with Crippen LogP contribution in [0.2, 0.25) is 0 Å². The van der Waals surface area contributed by atoms with Crippen LogP contribution in [0.25, 0.3) is 0 Å². The van der Waals surface area contributed by atoms with Crippen molar-refractivity contribution in [3.8, 4) is 0 Å². The Kier molecular flexibility index (Phi) is 4.47. The molecule has 2 heterocycles. The Bertz CT molecular complexity index is 334. The number of hydrogen-bond donors (Lipinski definition) is 2. The molecule has 3 N–H and O–H groups in total. The SMILES string of the molecule is CCn1ncnc1CC(CC1CCOC1)NN. The van der Waals surface area contributed by atoms with Gasteiger partial charge < -0.3 is 4.74 Å². The monoisotopic (exact) mass is 239 g/mol. The molecular weight excluding hydrogens is 218 g/mol. The van der Waals surface area contributed by atoms with E-state index in [1.165, 1.54) is 0 Å². The summed E-state index contributed by atoms with van der Waals surface area (Å²) in [6, 6.07) is 0.246. The van der Waals surface area contributed by atoms with E-state index in [0.717, 1.165) is 44.8 Å². The minimum atomic E-state index is 0.246. The molecule has 17 heavy (non-hydrogen) atoms. The van der Waals surface area contributed by atoms with Crippen LogP contribution in [0.1, 0.15) is 25.6 Å². The van der Waals surface area contributed by atoms with Crippen molar-refractivity contribution in [1.29, 1.82) is 0 Å². The molecule has 96 valence electrons. The molecule has 6 heteroatoms. The Morgan fingerprint density at radius 1 is 1.71 bits per heavy atom. The van der Waals surface area contributed by atoms with Crippen LogP contribution in [0.3, 0.4) is 0 Å². The number of aromatic nitrogens is 3. The standard InChI is InChI=1S/C11H21N5O/c1-2-16-11(13-8-14-16)6-10(15-12)5-9-3-4-17-7-9/h8-10,15H,2-7,12H2,1H3. The molecule has 2 rings (SSSR count). The maximum atomic E-state index is 5.61. The number of aryl methyl sites for hydroxylation is 1. The first-order chi connectivity index (χ1) is 8.33. The Balaban J connectivity index is 1.90. The lowest BCUT2D eigenvalue weighted by atomic mass is 9.97. The highest BCUT2D eigenvalue weighted by Crippen LogP contribution is 2.19. The molecule has 0 spiro atoms. The zero-order valence-electron chi connectivity index (χ0n) is 10.3. The zero-order valence-corrected chi connectivity index (χ0v) is 10.3. The van der Waals surface area contributed by atoms with Crippen molar-refractivity contribution in [3.63, 3.8) is 0 Å². The van der Waals surface area contributed by atoms with Crippen LogP contribution in [0, 0.1) is 5.92 Å². The van der Waals surface area contributed by atoms with Gasteiger partial charge in [-0.3, -0.25) is 16.0 Å². The first kappa shape index (κ1) is 12.5. The first-order valence-electron chi connectivity index (χ1n) is 6.24. The van der Waals surface area contributed by atoms with E-state index in [-0.39, 0.29) is 6.04 Å². The number of nitrogens with zero attached hydrogens (tertiary/aromatic N) is 3. The van der Waals surface area contributed by atoms with Crippen LogP contribution in [0.5, 0.6) is 0 Å². The van der Waals surface area contributed by atoms with Crippen LogP contribution in [-0.2, 0) is 17.7 Å². The molecule has 1 aliphatic heterocycles. The summed E-state index contributed by atoms with van der Waals surface area (Å²) in [5, 5.41) is 4.17. The van der Waals surface area contributed by atoms with Crippen molar-refractivity contribution >= 4 is 0 Å². The third-order valence-electron chi connectivity index (χ3n) is 3.30. The maximum absolute atomic E-state index is 5.61. The Labute approximate surface area is 102 Å². The summed E-state index contributed by atoms with van der Waals surface area (Å²) in [7, 11) is 0. The van der Waals surface area contributed by atoms with Crippen molar-refractivity contribution in [2.75, 3.05) is 13.2 Å². The van der Waals surface area contributed by atoms with E-state index in [1.807, 2.05) is 4.68 Å². The summed E-state index contributed by atoms with van der Waals surface area (Å²) in [6.45, 7) is 4.65. The normalized spacial score (nSPS) is 21.9. The summed E-state index contributed by atoms with van der Waals surface area (Å²) in [5.41, 5.74) is 2.88. The number of hydrazine groups is 1. The first-order valence-corrected chi connectivity index (χ1v) is 6.24. The van der Waals surface area contributed by atoms with Gasteiger partial charge in [0.2, 0.25) is 0 Å².